The van der Waals surface area contributed by atoms with Crippen LogP contribution in [0.4, 0.5) is 0 Å². The molecule has 0 fully saturated rings. The van der Waals surface area contributed by atoms with Crippen LogP contribution in [0.5, 0.6) is 11.5 Å². The summed E-state index contributed by atoms with van der Waals surface area (Å²) < 4.78 is 10.5. The second kappa shape index (κ2) is 9.51. The minimum Gasteiger partial charge on any atom is -0.515 e. The van der Waals surface area contributed by atoms with Crippen molar-refractivity contribution >= 4 is 11.5 Å². The van der Waals surface area contributed by atoms with Gasteiger partial charge in [-0.05, 0) is 43.0 Å². The van der Waals surface area contributed by atoms with Gasteiger partial charge in [-0.2, -0.15) is 0 Å². The fourth-order valence-electron chi connectivity index (χ4n) is 2.62. The Morgan fingerprint density at radius 3 is 2.38 bits per heavy atom. The molecule has 2 N–H and O–H groups in total. The molecule has 0 aliphatic carbocycles. The van der Waals surface area contributed by atoms with Gasteiger partial charge in [0.05, 0.1) is 26.1 Å². The highest BCUT2D eigenvalue weighted by Gasteiger charge is 2.12. The van der Waals surface area contributed by atoms with Gasteiger partial charge < -0.3 is 19.9 Å². The van der Waals surface area contributed by atoms with Gasteiger partial charge in [0.1, 0.15) is 0 Å². The molecule has 0 aliphatic heterocycles. The number of methoxy groups -OCH3 is 2. The number of hydrogen-bond donors (Lipinski definition) is 2. The summed E-state index contributed by atoms with van der Waals surface area (Å²) in [5, 5.41) is 12.3. The van der Waals surface area contributed by atoms with Crippen molar-refractivity contribution in [3.05, 3.63) is 65.4 Å². The topological polar surface area (TPSA) is 67.8 Å². The van der Waals surface area contributed by atoms with Gasteiger partial charge in [0.25, 0.3) is 5.91 Å². The molecule has 0 heterocycles. The molecule has 0 aromatic heterocycles. The predicted molar refractivity (Wildman–Crippen MR) is 103 cm³/mol. The summed E-state index contributed by atoms with van der Waals surface area (Å²) in [6.07, 6.45) is 2.42. The Bertz CT molecular complexity index is 766. The van der Waals surface area contributed by atoms with Crippen LogP contribution in [0.15, 0.2) is 48.7 Å². The van der Waals surface area contributed by atoms with Crippen LogP contribution in [0.2, 0.25) is 0 Å². The molecular weight excluding hydrogens is 330 g/mol. The third kappa shape index (κ3) is 5.02. The third-order valence-corrected chi connectivity index (χ3v) is 4.11. The molecule has 2 rings (SSSR count). The average Bonchev–Trinajstić information content (AvgIpc) is 2.67. The lowest BCUT2D eigenvalue weighted by atomic mass is 10.0. The molecular formula is C21H25NO4. The Balaban J connectivity index is 1.87. The number of benzene rings is 2. The lowest BCUT2D eigenvalue weighted by Crippen LogP contribution is -2.25. The van der Waals surface area contributed by atoms with E-state index in [4.69, 9.17) is 9.47 Å². The zero-order valence-electron chi connectivity index (χ0n) is 15.4. The number of hydrogen-bond acceptors (Lipinski definition) is 4. The van der Waals surface area contributed by atoms with E-state index in [0.29, 0.717) is 23.6 Å². The molecule has 2 aromatic rings. The summed E-state index contributed by atoms with van der Waals surface area (Å²) in [6.45, 7) is 2.48. The molecule has 0 aliphatic rings. The van der Waals surface area contributed by atoms with Crippen molar-refractivity contribution in [2.24, 2.45) is 0 Å². The molecule has 0 unspecified atom stereocenters. The normalized spacial score (nSPS) is 11.1. The van der Waals surface area contributed by atoms with Crippen molar-refractivity contribution in [2.45, 2.75) is 19.8 Å². The van der Waals surface area contributed by atoms with Gasteiger partial charge in [0, 0.05) is 6.54 Å². The zero-order valence-corrected chi connectivity index (χ0v) is 15.4. The lowest BCUT2D eigenvalue weighted by molar-refractivity contribution is -0.115. The summed E-state index contributed by atoms with van der Waals surface area (Å²) in [5.74, 6) is 1.10. The van der Waals surface area contributed by atoms with Crippen LogP contribution in [0.25, 0.3) is 5.57 Å². The van der Waals surface area contributed by atoms with Crippen LogP contribution in [0.1, 0.15) is 23.1 Å². The SMILES string of the molecule is COc1ccc(CCCNC(=O)C(=CO)c2ccc(C)cc2)cc1OC. The Kier molecular flexibility index (Phi) is 7.09. The van der Waals surface area contributed by atoms with Crippen LogP contribution in [0.3, 0.4) is 0 Å². The third-order valence-electron chi connectivity index (χ3n) is 4.11. The van der Waals surface area contributed by atoms with Crippen LogP contribution in [-0.2, 0) is 11.2 Å². The summed E-state index contributed by atoms with van der Waals surface area (Å²) in [4.78, 5) is 12.3. The van der Waals surface area contributed by atoms with E-state index in [9.17, 15) is 9.90 Å². The highest BCUT2D eigenvalue weighted by Crippen LogP contribution is 2.27. The fourth-order valence-corrected chi connectivity index (χ4v) is 2.62. The summed E-state index contributed by atoms with van der Waals surface area (Å²) in [6, 6.07) is 13.2. The number of carbonyl (C=O) groups excluding carboxylic acids is 1. The van der Waals surface area contributed by atoms with Gasteiger partial charge in [0.15, 0.2) is 11.5 Å². The molecule has 0 radical (unpaired) electrons. The lowest BCUT2D eigenvalue weighted by Gasteiger charge is -2.10. The Hall–Kier alpha value is -2.95. The number of nitrogens with one attached hydrogen (secondary N) is 1. The number of carbonyl (C=O) groups is 1. The summed E-state index contributed by atoms with van der Waals surface area (Å²) >= 11 is 0. The minimum absolute atomic E-state index is 0.260. The molecule has 5 nitrogen and oxygen atoms in total. The van der Waals surface area contributed by atoms with Crippen LogP contribution in [0, 0.1) is 6.92 Å². The van der Waals surface area contributed by atoms with Gasteiger partial charge in [-0.1, -0.05) is 35.9 Å². The number of ether oxygens (including phenoxy) is 2. The van der Waals surface area contributed by atoms with E-state index in [1.165, 1.54) is 0 Å². The van der Waals surface area contributed by atoms with Crippen molar-refractivity contribution in [2.75, 3.05) is 20.8 Å². The number of aliphatic hydroxyl groups excluding tert-OH is 1. The van der Waals surface area contributed by atoms with Crippen LogP contribution >= 0.6 is 0 Å². The summed E-state index contributed by atoms with van der Waals surface area (Å²) in [5.41, 5.74) is 3.15. The van der Waals surface area contributed by atoms with E-state index >= 15 is 0 Å². The van der Waals surface area contributed by atoms with Gasteiger partial charge in [-0.3, -0.25) is 4.79 Å². The first kappa shape index (κ1) is 19.4. The van der Waals surface area contributed by atoms with E-state index in [1.807, 2.05) is 49.4 Å². The van der Waals surface area contributed by atoms with Gasteiger partial charge in [-0.15, -0.1) is 0 Å². The summed E-state index contributed by atoms with van der Waals surface area (Å²) in [7, 11) is 3.21. The molecule has 0 saturated heterocycles. The highest BCUT2D eigenvalue weighted by molar-refractivity contribution is 6.19. The van der Waals surface area contributed by atoms with Crippen molar-refractivity contribution in [1.29, 1.82) is 0 Å². The highest BCUT2D eigenvalue weighted by atomic mass is 16.5. The van der Waals surface area contributed by atoms with E-state index in [0.717, 1.165) is 30.2 Å². The van der Waals surface area contributed by atoms with E-state index in [-0.39, 0.29) is 11.5 Å². The Morgan fingerprint density at radius 2 is 1.77 bits per heavy atom. The van der Waals surface area contributed by atoms with Crippen molar-refractivity contribution in [3.63, 3.8) is 0 Å². The van der Waals surface area contributed by atoms with Crippen molar-refractivity contribution < 1.29 is 19.4 Å². The Labute approximate surface area is 154 Å². The first-order valence-corrected chi connectivity index (χ1v) is 8.49. The predicted octanol–water partition coefficient (Wildman–Crippen LogP) is 3.66. The monoisotopic (exact) mass is 355 g/mol. The maximum atomic E-state index is 12.3. The number of aryl methyl sites for hydroxylation is 2. The zero-order chi connectivity index (χ0) is 18.9. The minimum atomic E-state index is -0.288. The quantitative estimate of drug-likeness (QED) is 0.431. The fraction of sp³-hybridized carbons (Fsp3) is 0.286. The number of rotatable bonds is 8. The first-order valence-electron chi connectivity index (χ1n) is 8.49. The van der Waals surface area contributed by atoms with Crippen molar-refractivity contribution in [3.8, 4) is 11.5 Å². The van der Waals surface area contributed by atoms with E-state index in [1.54, 1.807) is 14.2 Å². The number of aliphatic hydroxyl groups is 1. The van der Waals surface area contributed by atoms with Gasteiger partial charge in [0.2, 0.25) is 0 Å². The van der Waals surface area contributed by atoms with Gasteiger partial charge in [-0.25, -0.2) is 0 Å². The molecule has 1 amide bonds. The molecule has 2 aromatic carbocycles. The van der Waals surface area contributed by atoms with Crippen LogP contribution < -0.4 is 14.8 Å². The maximum Gasteiger partial charge on any atom is 0.255 e. The first-order chi connectivity index (χ1) is 12.6. The average molecular weight is 355 g/mol. The molecule has 138 valence electrons. The van der Waals surface area contributed by atoms with E-state index in [2.05, 4.69) is 5.32 Å². The molecule has 0 bridgehead atoms. The van der Waals surface area contributed by atoms with Gasteiger partial charge >= 0.3 is 0 Å². The molecule has 0 atom stereocenters. The standard InChI is InChI=1S/C21H25NO4/c1-15-6-9-17(10-7-15)18(14-23)21(24)22-12-4-5-16-8-11-19(25-2)20(13-16)26-3/h6-11,13-14,23H,4-5,12H2,1-3H3,(H,22,24). The van der Waals surface area contributed by atoms with Crippen LogP contribution in [-0.4, -0.2) is 31.8 Å². The van der Waals surface area contributed by atoms with E-state index < -0.39 is 0 Å². The molecule has 5 heteroatoms. The second-order valence-electron chi connectivity index (χ2n) is 5.96. The molecule has 26 heavy (non-hydrogen) atoms. The second-order valence-corrected chi connectivity index (χ2v) is 5.96. The smallest absolute Gasteiger partial charge is 0.255 e. The number of amides is 1. The molecule has 0 saturated carbocycles. The maximum absolute atomic E-state index is 12.3. The largest absolute Gasteiger partial charge is 0.515 e. The Morgan fingerprint density at radius 1 is 1.08 bits per heavy atom. The van der Waals surface area contributed by atoms with Crippen molar-refractivity contribution in [1.82, 2.24) is 5.32 Å². The molecule has 0 spiro atoms.